The van der Waals surface area contributed by atoms with Crippen LogP contribution in [0.15, 0.2) is 23.6 Å². The fourth-order valence-corrected chi connectivity index (χ4v) is 2.98. The average molecular weight is 244 g/mol. The minimum Gasteiger partial charge on any atom is -0.379 e. The van der Waals surface area contributed by atoms with Crippen LogP contribution in [0.2, 0.25) is 0 Å². The molecule has 1 aromatic carbocycles. The Hall–Kier alpha value is -1.35. The monoisotopic (exact) mass is 244 g/mol. The molecule has 2 nitrogen and oxygen atoms in total. The summed E-state index contributed by atoms with van der Waals surface area (Å²) in [6, 6.07) is 6.74. The molecule has 1 heterocycles. The van der Waals surface area contributed by atoms with Gasteiger partial charge in [0.15, 0.2) is 0 Å². The highest BCUT2D eigenvalue weighted by atomic mass is 32.1. The molecular weight excluding hydrogens is 228 g/mol. The zero-order chi connectivity index (χ0) is 11.7. The number of rotatable bonds is 3. The highest BCUT2D eigenvalue weighted by Crippen LogP contribution is 2.25. The number of anilines is 1. The van der Waals surface area contributed by atoms with Gasteiger partial charge in [0.1, 0.15) is 0 Å². The zero-order valence-corrected chi connectivity index (χ0v) is 10.8. The number of hydrogen-bond donors (Lipinski definition) is 1. The van der Waals surface area contributed by atoms with Crippen LogP contribution in [0, 0.1) is 6.92 Å². The van der Waals surface area contributed by atoms with Crippen molar-refractivity contribution in [2.45, 2.75) is 32.7 Å². The number of thiazole rings is 1. The molecule has 1 aromatic heterocycles. The van der Waals surface area contributed by atoms with Crippen molar-refractivity contribution >= 4 is 17.0 Å². The van der Waals surface area contributed by atoms with E-state index in [1.54, 1.807) is 11.3 Å². The van der Waals surface area contributed by atoms with Gasteiger partial charge in [0.2, 0.25) is 0 Å². The van der Waals surface area contributed by atoms with E-state index in [9.17, 15) is 0 Å². The van der Waals surface area contributed by atoms with Gasteiger partial charge in [0.25, 0.3) is 0 Å². The fraction of sp³-hybridized carbons (Fsp3) is 0.357. The molecule has 0 amide bonds. The van der Waals surface area contributed by atoms with Gasteiger partial charge in [-0.15, -0.1) is 11.3 Å². The molecule has 0 bridgehead atoms. The van der Waals surface area contributed by atoms with Gasteiger partial charge < -0.3 is 5.32 Å². The molecule has 17 heavy (non-hydrogen) atoms. The molecule has 0 unspecified atom stereocenters. The lowest BCUT2D eigenvalue weighted by atomic mass is 10.1. The third kappa shape index (κ3) is 2.34. The van der Waals surface area contributed by atoms with E-state index in [1.165, 1.54) is 36.1 Å². The number of aromatic nitrogens is 1. The number of nitrogens with zero attached hydrogens (tertiary/aromatic N) is 1. The second-order valence-electron chi connectivity index (χ2n) is 4.55. The summed E-state index contributed by atoms with van der Waals surface area (Å²) in [5.74, 6) is 0. The maximum absolute atomic E-state index is 4.45. The second kappa shape index (κ2) is 4.49. The number of aryl methyl sites for hydroxylation is 3. The third-order valence-corrected chi connectivity index (χ3v) is 4.06. The van der Waals surface area contributed by atoms with Crippen molar-refractivity contribution in [3.05, 3.63) is 45.4 Å². The lowest BCUT2D eigenvalue weighted by molar-refractivity contribution is 0.911. The first-order valence-corrected chi connectivity index (χ1v) is 6.96. The van der Waals surface area contributed by atoms with E-state index in [0.29, 0.717) is 0 Å². The summed E-state index contributed by atoms with van der Waals surface area (Å²) >= 11 is 1.71. The molecule has 1 N–H and O–H groups in total. The van der Waals surface area contributed by atoms with E-state index in [2.05, 4.69) is 33.9 Å². The minimum absolute atomic E-state index is 0.823. The Balaban J connectivity index is 1.69. The molecule has 88 valence electrons. The Morgan fingerprint density at radius 2 is 2.18 bits per heavy atom. The number of hydrogen-bond acceptors (Lipinski definition) is 3. The van der Waals surface area contributed by atoms with Crippen LogP contribution in [0.3, 0.4) is 0 Å². The van der Waals surface area contributed by atoms with Gasteiger partial charge in [0, 0.05) is 11.1 Å². The summed E-state index contributed by atoms with van der Waals surface area (Å²) in [5, 5.41) is 6.70. The smallest absolute Gasteiger partial charge is 0.0898 e. The van der Waals surface area contributed by atoms with Gasteiger partial charge in [-0.3, -0.25) is 0 Å². The van der Waals surface area contributed by atoms with Crippen LogP contribution in [0.25, 0.3) is 0 Å². The van der Waals surface area contributed by atoms with Gasteiger partial charge in [0.05, 0.1) is 17.2 Å². The van der Waals surface area contributed by atoms with Gasteiger partial charge in [-0.05, 0) is 49.4 Å². The molecule has 2 aromatic rings. The molecule has 3 rings (SSSR count). The normalized spacial score (nSPS) is 13.7. The molecule has 0 saturated heterocycles. The van der Waals surface area contributed by atoms with Crippen molar-refractivity contribution in [1.29, 1.82) is 0 Å². The zero-order valence-electron chi connectivity index (χ0n) is 9.99. The highest BCUT2D eigenvalue weighted by molar-refractivity contribution is 7.09. The molecule has 0 spiro atoms. The molecule has 0 fully saturated rings. The average Bonchev–Trinajstić information content (AvgIpc) is 2.94. The van der Waals surface area contributed by atoms with Crippen LogP contribution in [0.5, 0.6) is 0 Å². The van der Waals surface area contributed by atoms with Crippen LogP contribution >= 0.6 is 11.3 Å². The van der Waals surface area contributed by atoms with E-state index >= 15 is 0 Å². The van der Waals surface area contributed by atoms with E-state index in [0.717, 1.165) is 17.2 Å². The summed E-state index contributed by atoms with van der Waals surface area (Å²) in [4.78, 5) is 4.45. The number of fused-ring (bicyclic) bond motifs is 1. The van der Waals surface area contributed by atoms with Crippen molar-refractivity contribution in [2.75, 3.05) is 5.32 Å². The first-order chi connectivity index (χ1) is 8.31. The van der Waals surface area contributed by atoms with Crippen LogP contribution < -0.4 is 5.32 Å². The molecule has 0 aliphatic heterocycles. The van der Waals surface area contributed by atoms with E-state index in [-0.39, 0.29) is 0 Å². The maximum atomic E-state index is 4.45. The van der Waals surface area contributed by atoms with Crippen LogP contribution in [0.4, 0.5) is 5.69 Å². The van der Waals surface area contributed by atoms with Gasteiger partial charge in [-0.2, -0.15) is 0 Å². The highest BCUT2D eigenvalue weighted by Gasteiger charge is 2.10. The van der Waals surface area contributed by atoms with Gasteiger partial charge in [-0.1, -0.05) is 6.07 Å². The summed E-state index contributed by atoms with van der Waals surface area (Å²) < 4.78 is 0. The lowest BCUT2D eigenvalue weighted by Gasteiger charge is -2.07. The Morgan fingerprint density at radius 1 is 1.29 bits per heavy atom. The van der Waals surface area contributed by atoms with Crippen molar-refractivity contribution in [3.63, 3.8) is 0 Å². The second-order valence-corrected chi connectivity index (χ2v) is 5.61. The number of benzene rings is 1. The summed E-state index contributed by atoms with van der Waals surface area (Å²) in [6.45, 7) is 2.87. The summed E-state index contributed by atoms with van der Waals surface area (Å²) in [7, 11) is 0. The van der Waals surface area contributed by atoms with E-state index in [4.69, 9.17) is 0 Å². The predicted octanol–water partition coefficient (Wildman–Crippen LogP) is 3.55. The van der Waals surface area contributed by atoms with Crippen molar-refractivity contribution in [1.82, 2.24) is 4.98 Å². The maximum Gasteiger partial charge on any atom is 0.0898 e. The van der Waals surface area contributed by atoms with Gasteiger partial charge >= 0.3 is 0 Å². The fourth-order valence-electron chi connectivity index (χ4n) is 2.36. The van der Waals surface area contributed by atoms with E-state index in [1.807, 2.05) is 6.92 Å². The predicted molar refractivity (Wildman–Crippen MR) is 72.6 cm³/mol. The standard InChI is InChI=1S/C14H16N2S/c1-10-16-14(9-17-10)8-15-13-6-5-11-3-2-4-12(11)7-13/h5-7,9,15H,2-4,8H2,1H3. The van der Waals surface area contributed by atoms with E-state index < -0.39 is 0 Å². The SMILES string of the molecule is Cc1nc(CNc2ccc3c(c2)CCC3)cs1. The van der Waals surface area contributed by atoms with Crippen LogP contribution in [0.1, 0.15) is 28.2 Å². The van der Waals surface area contributed by atoms with Crippen molar-refractivity contribution in [3.8, 4) is 0 Å². The molecule has 0 saturated carbocycles. The molecule has 0 atom stereocenters. The minimum atomic E-state index is 0.823. The molecule has 3 heteroatoms. The molecule has 1 aliphatic rings. The first kappa shape index (κ1) is 10.8. The summed E-state index contributed by atoms with van der Waals surface area (Å²) in [5.41, 5.74) is 5.40. The van der Waals surface area contributed by atoms with Crippen molar-refractivity contribution < 1.29 is 0 Å². The van der Waals surface area contributed by atoms with Gasteiger partial charge in [-0.25, -0.2) is 4.98 Å². The quantitative estimate of drug-likeness (QED) is 0.893. The Bertz CT molecular complexity index is 531. The largest absolute Gasteiger partial charge is 0.379 e. The first-order valence-electron chi connectivity index (χ1n) is 6.08. The molecular formula is C14H16N2S. The lowest BCUT2D eigenvalue weighted by Crippen LogP contribution is -2.00. The molecule has 0 radical (unpaired) electrons. The summed E-state index contributed by atoms with van der Waals surface area (Å²) in [6.07, 6.45) is 3.80. The molecule has 1 aliphatic carbocycles. The third-order valence-electron chi connectivity index (χ3n) is 3.24. The Labute approximate surface area is 106 Å². The number of nitrogens with one attached hydrogen (secondary N) is 1. The van der Waals surface area contributed by atoms with Crippen molar-refractivity contribution in [2.24, 2.45) is 0 Å². The van der Waals surface area contributed by atoms with Crippen LogP contribution in [-0.4, -0.2) is 4.98 Å². The topological polar surface area (TPSA) is 24.9 Å². The Morgan fingerprint density at radius 3 is 3.00 bits per heavy atom. The Kier molecular flexibility index (Phi) is 2.85. The van der Waals surface area contributed by atoms with Crippen LogP contribution in [-0.2, 0) is 19.4 Å².